The van der Waals surface area contributed by atoms with Gasteiger partial charge in [-0.25, -0.2) is 4.79 Å². The smallest absolute Gasteiger partial charge is 0.408 e. The Labute approximate surface area is 144 Å². The van der Waals surface area contributed by atoms with E-state index in [-0.39, 0.29) is 12.5 Å². The number of carbonyl (C=O) groups is 2. The van der Waals surface area contributed by atoms with Gasteiger partial charge in [0.2, 0.25) is 5.91 Å². The zero-order chi connectivity index (χ0) is 17.6. The van der Waals surface area contributed by atoms with Crippen molar-refractivity contribution in [2.24, 2.45) is 0 Å². The quantitative estimate of drug-likeness (QED) is 0.666. The summed E-state index contributed by atoms with van der Waals surface area (Å²) in [7, 11) is 0. The van der Waals surface area contributed by atoms with Gasteiger partial charge in [-0.2, -0.15) is 5.10 Å². The number of fused-ring (bicyclic) bond motifs is 1. The highest BCUT2D eigenvalue weighted by atomic mass is 16.5. The number of hydrogen-bond donors (Lipinski definition) is 3. The van der Waals surface area contributed by atoms with E-state index in [0.29, 0.717) is 5.69 Å². The fraction of sp³-hybridized carbons (Fsp3) is 0.167. The molecule has 1 atom stereocenters. The van der Waals surface area contributed by atoms with Crippen LogP contribution in [-0.2, 0) is 16.1 Å². The largest absolute Gasteiger partial charge is 0.445 e. The van der Waals surface area contributed by atoms with Crippen LogP contribution >= 0.6 is 0 Å². The van der Waals surface area contributed by atoms with Gasteiger partial charge in [-0.05, 0) is 18.6 Å². The van der Waals surface area contributed by atoms with Gasteiger partial charge in [0.1, 0.15) is 12.6 Å². The lowest BCUT2D eigenvalue weighted by molar-refractivity contribution is -0.117. The molecule has 0 aliphatic heterocycles. The maximum Gasteiger partial charge on any atom is 0.408 e. The Bertz CT molecular complexity index is 876. The van der Waals surface area contributed by atoms with E-state index < -0.39 is 12.1 Å². The molecular weight excluding hydrogens is 320 g/mol. The third-order valence-electron chi connectivity index (χ3n) is 3.67. The summed E-state index contributed by atoms with van der Waals surface area (Å²) in [6.45, 7) is 1.74. The minimum Gasteiger partial charge on any atom is -0.445 e. The molecule has 1 aromatic heterocycles. The van der Waals surface area contributed by atoms with Gasteiger partial charge < -0.3 is 15.4 Å². The standard InChI is InChI=1S/C18H18N4O3/c1-12(20-18(24)25-11-13-6-3-2-4-7-13)17(23)21-15-9-5-8-14-10-19-22-16(14)15/h2-10,12H,11H2,1H3,(H,19,22)(H,20,24)(H,21,23)/t12-/m0/s1. The van der Waals surface area contributed by atoms with Gasteiger partial charge in [-0.3, -0.25) is 9.89 Å². The summed E-state index contributed by atoms with van der Waals surface area (Å²) < 4.78 is 5.11. The summed E-state index contributed by atoms with van der Waals surface area (Å²) in [6, 6.07) is 14.0. The third-order valence-corrected chi connectivity index (χ3v) is 3.67. The number of nitrogens with zero attached hydrogens (tertiary/aromatic N) is 1. The van der Waals surface area contributed by atoms with Crippen molar-refractivity contribution < 1.29 is 14.3 Å². The predicted octanol–water partition coefficient (Wildman–Crippen LogP) is 2.82. The molecule has 0 radical (unpaired) electrons. The highest BCUT2D eigenvalue weighted by molar-refractivity contribution is 6.02. The second-order valence-corrected chi connectivity index (χ2v) is 5.56. The van der Waals surface area contributed by atoms with E-state index >= 15 is 0 Å². The van der Waals surface area contributed by atoms with Crippen molar-refractivity contribution in [3.63, 3.8) is 0 Å². The number of ether oxygens (including phenoxy) is 1. The molecule has 0 aliphatic carbocycles. The molecule has 2 aromatic carbocycles. The predicted molar refractivity (Wildman–Crippen MR) is 93.9 cm³/mol. The summed E-state index contributed by atoms with van der Waals surface area (Å²) in [5.74, 6) is -0.348. The second kappa shape index (κ2) is 7.48. The Morgan fingerprint density at radius 1 is 1.16 bits per heavy atom. The van der Waals surface area contributed by atoms with Gasteiger partial charge >= 0.3 is 6.09 Å². The van der Waals surface area contributed by atoms with E-state index in [1.807, 2.05) is 42.5 Å². The molecule has 3 rings (SSSR count). The number of aromatic nitrogens is 2. The molecule has 0 spiro atoms. The molecule has 0 unspecified atom stereocenters. The molecule has 0 saturated heterocycles. The molecule has 2 amide bonds. The van der Waals surface area contributed by atoms with Crippen LogP contribution in [-0.4, -0.2) is 28.2 Å². The number of anilines is 1. The van der Waals surface area contributed by atoms with Crippen LogP contribution in [0.1, 0.15) is 12.5 Å². The average molecular weight is 338 g/mol. The highest BCUT2D eigenvalue weighted by Gasteiger charge is 2.17. The van der Waals surface area contributed by atoms with E-state index in [1.54, 1.807) is 19.2 Å². The van der Waals surface area contributed by atoms with Crippen LogP contribution in [0, 0.1) is 0 Å². The van der Waals surface area contributed by atoms with Crippen LogP contribution < -0.4 is 10.6 Å². The number of amides is 2. The number of alkyl carbamates (subject to hydrolysis) is 1. The SMILES string of the molecule is C[C@H](NC(=O)OCc1ccccc1)C(=O)Nc1cccc2cn[nH]c12. The van der Waals surface area contributed by atoms with Crippen LogP contribution in [0.2, 0.25) is 0 Å². The fourth-order valence-electron chi connectivity index (χ4n) is 2.32. The lowest BCUT2D eigenvalue weighted by Gasteiger charge is -2.14. The monoisotopic (exact) mass is 338 g/mol. The topological polar surface area (TPSA) is 96.1 Å². The number of hydrogen-bond acceptors (Lipinski definition) is 4. The van der Waals surface area contributed by atoms with Gasteiger partial charge in [0, 0.05) is 5.39 Å². The van der Waals surface area contributed by atoms with Gasteiger partial charge in [-0.15, -0.1) is 0 Å². The van der Waals surface area contributed by atoms with Crippen LogP contribution in [0.15, 0.2) is 54.7 Å². The first-order chi connectivity index (χ1) is 12.1. The Hall–Kier alpha value is -3.35. The summed E-state index contributed by atoms with van der Waals surface area (Å²) in [5.41, 5.74) is 2.21. The van der Waals surface area contributed by atoms with Crippen molar-refractivity contribution in [3.8, 4) is 0 Å². The molecule has 1 heterocycles. The first-order valence-electron chi connectivity index (χ1n) is 7.83. The Morgan fingerprint density at radius 3 is 2.76 bits per heavy atom. The molecule has 0 saturated carbocycles. The number of benzene rings is 2. The van der Waals surface area contributed by atoms with Crippen molar-refractivity contribution in [1.29, 1.82) is 0 Å². The second-order valence-electron chi connectivity index (χ2n) is 5.56. The van der Waals surface area contributed by atoms with Gasteiger partial charge in [0.25, 0.3) is 0 Å². The molecule has 0 aliphatic rings. The molecule has 25 heavy (non-hydrogen) atoms. The fourth-order valence-corrected chi connectivity index (χ4v) is 2.32. The molecule has 0 bridgehead atoms. The molecule has 128 valence electrons. The van der Waals surface area contributed by atoms with E-state index in [9.17, 15) is 9.59 Å². The Morgan fingerprint density at radius 2 is 1.96 bits per heavy atom. The maximum absolute atomic E-state index is 12.3. The van der Waals surface area contributed by atoms with Gasteiger partial charge in [-0.1, -0.05) is 42.5 Å². The van der Waals surface area contributed by atoms with Crippen molar-refractivity contribution in [2.75, 3.05) is 5.32 Å². The first-order valence-corrected chi connectivity index (χ1v) is 7.83. The molecular formula is C18H18N4O3. The summed E-state index contributed by atoms with van der Waals surface area (Å²) >= 11 is 0. The van der Waals surface area contributed by atoms with Crippen molar-refractivity contribution in [2.45, 2.75) is 19.6 Å². The van der Waals surface area contributed by atoms with Crippen LogP contribution in [0.25, 0.3) is 10.9 Å². The van der Waals surface area contributed by atoms with Crippen molar-refractivity contribution in [3.05, 3.63) is 60.3 Å². The van der Waals surface area contributed by atoms with Crippen LogP contribution in [0.4, 0.5) is 10.5 Å². The lowest BCUT2D eigenvalue weighted by Crippen LogP contribution is -2.41. The van der Waals surface area contributed by atoms with Crippen molar-refractivity contribution >= 4 is 28.6 Å². The normalized spacial score (nSPS) is 11.7. The first kappa shape index (κ1) is 16.5. The number of rotatable bonds is 5. The third kappa shape index (κ3) is 4.14. The molecule has 3 N–H and O–H groups in total. The number of carbonyl (C=O) groups excluding carboxylic acids is 2. The van der Waals surface area contributed by atoms with E-state index in [4.69, 9.17) is 4.74 Å². The van der Waals surface area contributed by atoms with E-state index in [2.05, 4.69) is 20.8 Å². The van der Waals surface area contributed by atoms with Gasteiger partial charge in [0.05, 0.1) is 17.4 Å². The molecule has 7 nitrogen and oxygen atoms in total. The Balaban J connectivity index is 1.53. The zero-order valence-electron chi connectivity index (χ0n) is 13.7. The highest BCUT2D eigenvalue weighted by Crippen LogP contribution is 2.20. The van der Waals surface area contributed by atoms with Gasteiger partial charge in [0.15, 0.2) is 0 Å². The van der Waals surface area contributed by atoms with Crippen molar-refractivity contribution in [1.82, 2.24) is 15.5 Å². The molecule has 7 heteroatoms. The number of H-pyrrole nitrogens is 1. The number of nitrogens with one attached hydrogen (secondary N) is 3. The van der Waals surface area contributed by atoms with E-state index in [0.717, 1.165) is 16.5 Å². The van der Waals surface area contributed by atoms with Crippen LogP contribution in [0.5, 0.6) is 0 Å². The lowest BCUT2D eigenvalue weighted by atomic mass is 10.2. The Kier molecular flexibility index (Phi) is 4.94. The summed E-state index contributed by atoms with van der Waals surface area (Å²) in [4.78, 5) is 24.1. The minimum absolute atomic E-state index is 0.147. The molecule has 3 aromatic rings. The maximum atomic E-state index is 12.3. The average Bonchev–Trinajstić information content (AvgIpc) is 3.10. The molecule has 0 fully saturated rings. The minimum atomic E-state index is -0.749. The summed E-state index contributed by atoms with van der Waals surface area (Å²) in [6.07, 6.45) is 1.03. The summed E-state index contributed by atoms with van der Waals surface area (Å²) in [5, 5.41) is 13.0. The number of aromatic amines is 1. The zero-order valence-corrected chi connectivity index (χ0v) is 13.7. The van der Waals surface area contributed by atoms with Crippen LogP contribution in [0.3, 0.4) is 0 Å². The van der Waals surface area contributed by atoms with E-state index in [1.165, 1.54) is 0 Å². The number of para-hydroxylation sites is 1.